The van der Waals surface area contributed by atoms with E-state index in [9.17, 15) is 4.79 Å². The van der Waals surface area contributed by atoms with Crippen molar-refractivity contribution in [1.29, 1.82) is 0 Å². The van der Waals surface area contributed by atoms with Crippen LogP contribution in [0.2, 0.25) is 5.02 Å². The minimum absolute atomic E-state index is 0.185. The number of amides is 1. The van der Waals surface area contributed by atoms with E-state index in [0.717, 1.165) is 11.1 Å². The summed E-state index contributed by atoms with van der Waals surface area (Å²) in [5.74, 6) is 0.255. The first kappa shape index (κ1) is 16.5. The fraction of sp³-hybridized carbons (Fsp3) is 0.375. The molecule has 3 N–H and O–H groups in total. The predicted molar refractivity (Wildman–Crippen MR) is 85.6 cm³/mol. The summed E-state index contributed by atoms with van der Waals surface area (Å²) in [6.45, 7) is 6.24. The molecule has 22 heavy (non-hydrogen) atoms. The molecule has 2 rings (SSSR count). The molecule has 6 heteroatoms. The van der Waals surface area contributed by atoms with Crippen molar-refractivity contribution >= 4 is 17.5 Å². The van der Waals surface area contributed by atoms with Gasteiger partial charge in [-0.2, -0.15) is 0 Å². The lowest BCUT2D eigenvalue weighted by atomic mass is 10.1. The van der Waals surface area contributed by atoms with E-state index in [4.69, 9.17) is 21.8 Å². The largest absolute Gasteiger partial charge is 0.446 e. The zero-order valence-electron chi connectivity index (χ0n) is 12.9. The highest BCUT2D eigenvalue weighted by Crippen LogP contribution is 2.18. The number of carbonyl (C=O) groups excluding carboxylic acids is 1. The van der Waals surface area contributed by atoms with Crippen molar-refractivity contribution < 1.29 is 9.21 Å². The highest BCUT2D eigenvalue weighted by atomic mass is 35.5. The van der Waals surface area contributed by atoms with Gasteiger partial charge in [0.2, 0.25) is 5.89 Å². The lowest BCUT2D eigenvalue weighted by molar-refractivity contribution is 0.0946. The van der Waals surface area contributed by atoms with E-state index in [1.807, 2.05) is 39.0 Å². The van der Waals surface area contributed by atoms with Gasteiger partial charge < -0.3 is 15.5 Å². The van der Waals surface area contributed by atoms with E-state index in [1.54, 1.807) is 0 Å². The number of nitrogens with one attached hydrogen (secondary N) is 1. The van der Waals surface area contributed by atoms with Crippen molar-refractivity contribution in [2.75, 3.05) is 0 Å². The van der Waals surface area contributed by atoms with Crippen molar-refractivity contribution in [2.45, 2.75) is 33.4 Å². The van der Waals surface area contributed by atoms with Crippen molar-refractivity contribution in [2.24, 2.45) is 11.7 Å². The van der Waals surface area contributed by atoms with Crippen LogP contribution in [0.3, 0.4) is 0 Å². The van der Waals surface area contributed by atoms with Gasteiger partial charge in [0.15, 0.2) is 5.69 Å². The first-order valence-corrected chi connectivity index (χ1v) is 7.50. The van der Waals surface area contributed by atoms with Crippen molar-refractivity contribution in [1.82, 2.24) is 10.3 Å². The fourth-order valence-electron chi connectivity index (χ4n) is 1.85. The lowest BCUT2D eigenvalue weighted by Gasteiger charge is -2.10. The monoisotopic (exact) mass is 321 g/mol. The van der Waals surface area contributed by atoms with Gasteiger partial charge in [-0.3, -0.25) is 4.79 Å². The van der Waals surface area contributed by atoms with Crippen LogP contribution in [0.25, 0.3) is 0 Å². The zero-order chi connectivity index (χ0) is 16.3. The number of hydrogen-bond acceptors (Lipinski definition) is 4. The van der Waals surface area contributed by atoms with Crippen LogP contribution in [0, 0.1) is 12.8 Å². The molecule has 5 nitrogen and oxygen atoms in total. The minimum Gasteiger partial charge on any atom is -0.446 e. The number of halogens is 1. The number of nitrogens with two attached hydrogens (primary N) is 1. The van der Waals surface area contributed by atoms with Gasteiger partial charge in [0.05, 0.1) is 6.04 Å². The van der Waals surface area contributed by atoms with E-state index >= 15 is 0 Å². The molecule has 0 aliphatic rings. The first-order valence-electron chi connectivity index (χ1n) is 7.12. The molecule has 2 aromatic rings. The van der Waals surface area contributed by atoms with E-state index < -0.39 is 0 Å². The highest BCUT2D eigenvalue weighted by molar-refractivity contribution is 6.31. The molecule has 1 heterocycles. The summed E-state index contributed by atoms with van der Waals surface area (Å²) in [5.41, 5.74) is 8.09. The fourth-order valence-corrected chi connectivity index (χ4v) is 2.05. The summed E-state index contributed by atoms with van der Waals surface area (Å²) in [6, 6.07) is 5.35. The summed E-state index contributed by atoms with van der Waals surface area (Å²) >= 11 is 6.06. The summed E-state index contributed by atoms with van der Waals surface area (Å²) < 4.78 is 5.28. The number of carbonyl (C=O) groups is 1. The van der Waals surface area contributed by atoms with Gasteiger partial charge in [-0.25, -0.2) is 4.98 Å². The molecule has 0 fully saturated rings. The molecule has 1 aromatic carbocycles. The molecule has 0 saturated carbocycles. The normalized spacial score (nSPS) is 12.5. The average molecular weight is 322 g/mol. The number of benzene rings is 1. The third-order valence-electron chi connectivity index (χ3n) is 3.45. The minimum atomic E-state index is -0.322. The Morgan fingerprint density at radius 1 is 1.45 bits per heavy atom. The number of oxazole rings is 1. The number of rotatable bonds is 5. The van der Waals surface area contributed by atoms with Gasteiger partial charge in [0.1, 0.15) is 6.26 Å². The molecule has 1 atom stereocenters. The lowest BCUT2D eigenvalue weighted by Crippen LogP contribution is -2.23. The molecule has 0 unspecified atom stereocenters. The van der Waals surface area contributed by atoms with E-state index in [0.29, 0.717) is 17.5 Å². The van der Waals surface area contributed by atoms with Gasteiger partial charge in [-0.15, -0.1) is 0 Å². The molecule has 1 amide bonds. The smallest absolute Gasteiger partial charge is 0.273 e. The Labute approximate surface area is 134 Å². The maximum Gasteiger partial charge on any atom is 0.273 e. The van der Waals surface area contributed by atoms with Crippen LogP contribution in [0.5, 0.6) is 0 Å². The maximum atomic E-state index is 12.1. The molecule has 0 saturated heterocycles. The molecule has 0 radical (unpaired) electrons. The zero-order valence-corrected chi connectivity index (χ0v) is 13.6. The Morgan fingerprint density at radius 3 is 2.82 bits per heavy atom. The van der Waals surface area contributed by atoms with Gasteiger partial charge in [-0.05, 0) is 30.0 Å². The van der Waals surface area contributed by atoms with Crippen molar-refractivity contribution in [3.63, 3.8) is 0 Å². The second kappa shape index (κ2) is 6.94. The molecule has 0 aliphatic heterocycles. The number of aryl methyl sites for hydroxylation is 1. The van der Waals surface area contributed by atoms with Crippen LogP contribution in [-0.2, 0) is 6.54 Å². The Kier molecular flexibility index (Phi) is 5.21. The second-order valence-corrected chi connectivity index (χ2v) is 6.01. The molecule has 0 aliphatic carbocycles. The SMILES string of the molecule is Cc1ccc(CNC(=O)c2coc([C@H](N)C(C)C)n2)cc1Cl. The first-order chi connectivity index (χ1) is 10.4. The van der Waals surface area contributed by atoms with Gasteiger partial charge >= 0.3 is 0 Å². The second-order valence-electron chi connectivity index (χ2n) is 5.61. The number of hydrogen-bond donors (Lipinski definition) is 2. The van der Waals surface area contributed by atoms with Gasteiger partial charge in [-0.1, -0.05) is 37.6 Å². The molecule has 0 spiro atoms. The van der Waals surface area contributed by atoms with Crippen LogP contribution in [0.1, 0.15) is 47.4 Å². The molecule has 118 valence electrons. The Bertz CT molecular complexity index is 667. The molecule has 1 aromatic heterocycles. The summed E-state index contributed by atoms with van der Waals surface area (Å²) in [7, 11) is 0. The number of nitrogens with zero attached hydrogens (tertiary/aromatic N) is 1. The standard InChI is InChI=1S/C16H20ClN3O2/c1-9(2)14(18)16-20-13(8-22-16)15(21)19-7-11-5-4-10(3)12(17)6-11/h4-6,8-9,14H,7,18H2,1-3H3,(H,19,21)/t14-/m1/s1. The van der Waals surface area contributed by atoms with Gasteiger partial charge in [0.25, 0.3) is 5.91 Å². The summed E-state index contributed by atoms with van der Waals surface area (Å²) in [6.07, 6.45) is 1.33. The Balaban J connectivity index is 1.99. The Hall–Kier alpha value is -1.85. The van der Waals surface area contributed by atoms with Crippen molar-refractivity contribution in [3.05, 3.63) is 52.2 Å². The quantitative estimate of drug-likeness (QED) is 0.886. The summed E-state index contributed by atoms with van der Waals surface area (Å²) in [5, 5.41) is 3.46. The highest BCUT2D eigenvalue weighted by Gasteiger charge is 2.19. The van der Waals surface area contributed by atoms with Crippen LogP contribution in [0.15, 0.2) is 28.9 Å². The van der Waals surface area contributed by atoms with E-state index in [2.05, 4.69) is 10.3 Å². The van der Waals surface area contributed by atoms with E-state index in [1.165, 1.54) is 6.26 Å². The topological polar surface area (TPSA) is 81.2 Å². The van der Waals surface area contributed by atoms with E-state index in [-0.39, 0.29) is 23.6 Å². The summed E-state index contributed by atoms with van der Waals surface area (Å²) in [4.78, 5) is 16.2. The van der Waals surface area contributed by atoms with Crippen LogP contribution in [0.4, 0.5) is 0 Å². The molecular weight excluding hydrogens is 302 g/mol. The third kappa shape index (κ3) is 3.87. The van der Waals surface area contributed by atoms with Crippen molar-refractivity contribution in [3.8, 4) is 0 Å². The average Bonchev–Trinajstić information content (AvgIpc) is 2.97. The van der Waals surface area contributed by atoms with Crippen LogP contribution >= 0.6 is 11.6 Å². The molecule has 0 bridgehead atoms. The number of aromatic nitrogens is 1. The van der Waals surface area contributed by atoms with Crippen LogP contribution < -0.4 is 11.1 Å². The Morgan fingerprint density at radius 2 is 2.18 bits per heavy atom. The van der Waals surface area contributed by atoms with Gasteiger partial charge in [0, 0.05) is 11.6 Å². The predicted octanol–water partition coefficient (Wildman–Crippen LogP) is 3.22. The molecular formula is C16H20ClN3O2. The third-order valence-corrected chi connectivity index (χ3v) is 3.85. The maximum absolute atomic E-state index is 12.1. The van der Waals surface area contributed by atoms with Crippen LogP contribution in [-0.4, -0.2) is 10.9 Å².